The van der Waals surface area contributed by atoms with Crippen molar-refractivity contribution in [3.63, 3.8) is 0 Å². The molecule has 1 heterocycles. The molecule has 86 valence electrons. The highest BCUT2D eigenvalue weighted by Gasteiger charge is 2.04. The van der Waals surface area contributed by atoms with Crippen molar-refractivity contribution in [1.82, 2.24) is 4.98 Å². The van der Waals surface area contributed by atoms with Crippen molar-refractivity contribution in [2.75, 3.05) is 0 Å². The first-order valence-corrected chi connectivity index (χ1v) is 5.96. The summed E-state index contributed by atoms with van der Waals surface area (Å²) in [6.07, 6.45) is 7.84. The zero-order valence-electron chi connectivity index (χ0n) is 10.2. The second-order valence-electron chi connectivity index (χ2n) is 4.13. The lowest BCUT2D eigenvalue weighted by atomic mass is 9.99. The van der Waals surface area contributed by atoms with Crippen molar-refractivity contribution in [3.05, 3.63) is 54.2 Å². The fourth-order valence-electron chi connectivity index (χ4n) is 2.12. The molecule has 1 aromatic carbocycles. The van der Waals surface area contributed by atoms with E-state index in [0.717, 1.165) is 29.5 Å². The van der Waals surface area contributed by atoms with Crippen molar-refractivity contribution in [3.8, 4) is 0 Å². The van der Waals surface area contributed by atoms with Gasteiger partial charge in [0.15, 0.2) is 0 Å². The lowest BCUT2D eigenvalue weighted by molar-refractivity contribution is 0.927. The van der Waals surface area contributed by atoms with E-state index in [1.165, 1.54) is 10.9 Å². The van der Waals surface area contributed by atoms with Gasteiger partial charge < -0.3 is 0 Å². The second-order valence-corrected chi connectivity index (χ2v) is 4.13. The molecule has 17 heavy (non-hydrogen) atoms. The summed E-state index contributed by atoms with van der Waals surface area (Å²) in [7, 11) is 0. The van der Waals surface area contributed by atoms with Crippen LogP contribution in [0, 0.1) is 0 Å². The predicted molar refractivity (Wildman–Crippen MR) is 75.9 cm³/mol. The first-order valence-electron chi connectivity index (χ1n) is 5.96. The normalized spacial score (nSPS) is 10.4. The van der Waals surface area contributed by atoms with E-state index in [4.69, 9.17) is 0 Å². The Balaban J connectivity index is 2.73. The van der Waals surface area contributed by atoms with Gasteiger partial charge in [-0.1, -0.05) is 38.7 Å². The smallest absolute Gasteiger partial charge is 0.0711 e. The molecule has 0 aliphatic heterocycles. The molecule has 0 saturated heterocycles. The first-order chi connectivity index (χ1) is 8.30. The maximum absolute atomic E-state index is 4.43. The Morgan fingerprint density at radius 1 is 1.18 bits per heavy atom. The Kier molecular flexibility index (Phi) is 3.38. The number of rotatable bonds is 4. The zero-order chi connectivity index (χ0) is 12.3. The van der Waals surface area contributed by atoms with Gasteiger partial charge in [-0.05, 0) is 41.3 Å². The largest absolute Gasteiger partial charge is 0.256 e. The summed E-state index contributed by atoms with van der Waals surface area (Å²) in [5.74, 6) is 0. The van der Waals surface area contributed by atoms with Crippen LogP contribution in [0.2, 0.25) is 0 Å². The van der Waals surface area contributed by atoms with E-state index < -0.39 is 0 Å². The summed E-state index contributed by atoms with van der Waals surface area (Å²) in [6.45, 7) is 9.88. The van der Waals surface area contributed by atoms with E-state index in [1.54, 1.807) is 0 Å². The van der Waals surface area contributed by atoms with E-state index in [-0.39, 0.29) is 0 Å². The zero-order valence-corrected chi connectivity index (χ0v) is 10.2. The number of fused-ring (bicyclic) bond motifs is 1. The average molecular weight is 223 g/mol. The van der Waals surface area contributed by atoms with Crippen LogP contribution in [0.5, 0.6) is 0 Å². The molecule has 1 aromatic heterocycles. The molecule has 0 spiro atoms. The highest BCUT2D eigenvalue weighted by molar-refractivity contribution is 5.87. The molecule has 0 bridgehead atoms. The van der Waals surface area contributed by atoms with Crippen LogP contribution in [0.1, 0.15) is 30.0 Å². The van der Waals surface area contributed by atoms with Gasteiger partial charge in [-0.15, -0.1) is 0 Å². The quantitative estimate of drug-likeness (QED) is 0.745. The van der Waals surface area contributed by atoms with E-state index in [2.05, 4.69) is 43.3 Å². The highest BCUT2D eigenvalue weighted by atomic mass is 14.6. The van der Waals surface area contributed by atoms with Gasteiger partial charge in [-0.3, -0.25) is 4.98 Å². The van der Waals surface area contributed by atoms with Crippen LogP contribution < -0.4 is 0 Å². The van der Waals surface area contributed by atoms with Gasteiger partial charge in [0.05, 0.1) is 5.52 Å². The predicted octanol–water partition coefficient (Wildman–Crippen LogP) is 4.47. The molecule has 0 amide bonds. The van der Waals surface area contributed by atoms with Crippen molar-refractivity contribution >= 4 is 23.1 Å². The van der Waals surface area contributed by atoms with Gasteiger partial charge in [0, 0.05) is 11.6 Å². The summed E-state index contributed by atoms with van der Waals surface area (Å²) in [4.78, 5) is 4.43. The number of nitrogens with zero attached hydrogens (tertiary/aromatic N) is 1. The lowest BCUT2D eigenvalue weighted by Gasteiger charge is -2.08. The minimum absolute atomic E-state index is 1.04. The van der Waals surface area contributed by atoms with Crippen molar-refractivity contribution in [2.24, 2.45) is 0 Å². The molecule has 0 fully saturated rings. The van der Waals surface area contributed by atoms with Crippen molar-refractivity contribution < 1.29 is 0 Å². The maximum Gasteiger partial charge on any atom is 0.0711 e. The monoisotopic (exact) mass is 223 g/mol. The van der Waals surface area contributed by atoms with E-state index in [1.807, 2.05) is 18.3 Å². The molecule has 0 unspecified atom stereocenters. The minimum Gasteiger partial charge on any atom is -0.256 e. The molecular weight excluding hydrogens is 206 g/mol. The molecule has 0 N–H and O–H groups in total. The van der Waals surface area contributed by atoms with Crippen LogP contribution in [0.4, 0.5) is 0 Å². The molecule has 2 aromatic rings. The van der Waals surface area contributed by atoms with Crippen LogP contribution in [-0.2, 0) is 6.42 Å². The van der Waals surface area contributed by atoms with Crippen LogP contribution in [0.15, 0.2) is 37.6 Å². The minimum atomic E-state index is 1.04. The Bertz CT molecular complexity index is 567. The first kappa shape index (κ1) is 11.6. The van der Waals surface area contributed by atoms with Crippen LogP contribution in [-0.4, -0.2) is 4.98 Å². The Hall–Kier alpha value is -1.89. The summed E-state index contributed by atoms with van der Waals surface area (Å²) in [5.41, 5.74) is 4.61. The summed E-state index contributed by atoms with van der Waals surface area (Å²) in [5, 5.41) is 1.23. The number of hydrogen-bond donors (Lipinski definition) is 0. The number of pyridine rings is 1. The molecule has 0 saturated carbocycles. The molecular formula is C16H17N. The highest BCUT2D eigenvalue weighted by Crippen LogP contribution is 2.24. The number of aromatic nitrogens is 1. The second kappa shape index (κ2) is 4.96. The molecule has 0 aliphatic rings. The molecule has 0 atom stereocenters. The molecule has 1 heteroatoms. The van der Waals surface area contributed by atoms with Gasteiger partial charge in [0.25, 0.3) is 0 Å². The third-order valence-electron chi connectivity index (χ3n) is 3.00. The SMILES string of the molecule is C=Cc1cc2nccc(CCC)c2cc1C=C. The van der Waals surface area contributed by atoms with Gasteiger partial charge in [0.2, 0.25) is 0 Å². The third kappa shape index (κ3) is 2.14. The van der Waals surface area contributed by atoms with Crippen molar-refractivity contribution in [1.29, 1.82) is 0 Å². The standard InChI is InChI=1S/C16H17N/c1-4-7-14-8-9-17-16-11-13(6-3)12(5-2)10-15(14)16/h5-6,8-11H,2-4,7H2,1H3. The Morgan fingerprint density at radius 3 is 2.53 bits per heavy atom. The van der Waals surface area contributed by atoms with E-state index in [9.17, 15) is 0 Å². The van der Waals surface area contributed by atoms with Crippen LogP contribution >= 0.6 is 0 Å². The summed E-state index contributed by atoms with van der Waals surface area (Å²) >= 11 is 0. The van der Waals surface area contributed by atoms with Crippen LogP contribution in [0.25, 0.3) is 23.1 Å². The lowest BCUT2D eigenvalue weighted by Crippen LogP contribution is -1.91. The number of aryl methyl sites for hydroxylation is 1. The fourth-order valence-corrected chi connectivity index (χ4v) is 2.12. The molecule has 1 nitrogen and oxygen atoms in total. The Morgan fingerprint density at radius 2 is 1.88 bits per heavy atom. The van der Waals surface area contributed by atoms with Gasteiger partial charge in [0.1, 0.15) is 0 Å². The molecule has 0 aliphatic carbocycles. The molecule has 2 rings (SSSR count). The molecule has 0 radical (unpaired) electrons. The summed E-state index contributed by atoms with van der Waals surface area (Å²) in [6, 6.07) is 6.35. The fraction of sp³-hybridized carbons (Fsp3) is 0.188. The average Bonchev–Trinajstić information content (AvgIpc) is 2.38. The maximum atomic E-state index is 4.43. The number of hydrogen-bond acceptors (Lipinski definition) is 1. The summed E-state index contributed by atoms with van der Waals surface area (Å²) < 4.78 is 0. The van der Waals surface area contributed by atoms with E-state index in [0.29, 0.717) is 0 Å². The Labute approximate surface area is 103 Å². The topological polar surface area (TPSA) is 12.9 Å². The van der Waals surface area contributed by atoms with E-state index >= 15 is 0 Å². The number of benzene rings is 1. The van der Waals surface area contributed by atoms with Gasteiger partial charge in [-0.25, -0.2) is 0 Å². The third-order valence-corrected chi connectivity index (χ3v) is 3.00. The van der Waals surface area contributed by atoms with Crippen molar-refractivity contribution in [2.45, 2.75) is 19.8 Å². The van der Waals surface area contributed by atoms with Gasteiger partial charge in [-0.2, -0.15) is 0 Å². The van der Waals surface area contributed by atoms with Gasteiger partial charge >= 0.3 is 0 Å². The van der Waals surface area contributed by atoms with Crippen LogP contribution in [0.3, 0.4) is 0 Å².